The van der Waals surface area contributed by atoms with Gasteiger partial charge in [-0.15, -0.1) is 0 Å². The number of halogens is 1. The van der Waals surface area contributed by atoms with Gasteiger partial charge in [-0.1, -0.05) is 23.7 Å². The average molecular weight is 308 g/mol. The van der Waals surface area contributed by atoms with Gasteiger partial charge in [0.05, 0.1) is 12.8 Å². The van der Waals surface area contributed by atoms with Crippen LogP contribution in [-0.2, 0) is 9.53 Å². The van der Waals surface area contributed by atoms with E-state index in [2.05, 4.69) is 20.3 Å². The van der Waals surface area contributed by atoms with Crippen LogP contribution in [0.25, 0.3) is 11.3 Å². The number of H-pyrrole nitrogens is 1. The summed E-state index contributed by atoms with van der Waals surface area (Å²) < 4.78 is 4.54. The molecule has 1 atom stereocenters. The maximum Gasteiger partial charge on any atom is 0.328 e. The van der Waals surface area contributed by atoms with Gasteiger partial charge in [0.15, 0.2) is 0 Å². The van der Waals surface area contributed by atoms with Crippen molar-refractivity contribution in [1.29, 1.82) is 0 Å². The molecule has 0 fully saturated rings. The molecule has 2 N–H and O–H groups in total. The van der Waals surface area contributed by atoms with Crippen LogP contribution in [0.3, 0.4) is 0 Å². The van der Waals surface area contributed by atoms with Crippen molar-refractivity contribution in [1.82, 2.24) is 15.5 Å². The number of nitrogens with zero attached hydrogens (tertiary/aromatic N) is 1. The summed E-state index contributed by atoms with van der Waals surface area (Å²) in [7, 11) is 1.26. The Balaban J connectivity index is 2.10. The summed E-state index contributed by atoms with van der Waals surface area (Å²) in [6.07, 6.45) is 0. The molecule has 1 aromatic heterocycles. The third kappa shape index (κ3) is 3.61. The van der Waals surface area contributed by atoms with Gasteiger partial charge in [0.25, 0.3) is 5.91 Å². The van der Waals surface area contributed by atoms with E-state index in [1.807, 2.05) is 0 Å². The Bertz CT molecular complexity index is 652. The van der Waals surface area contributed by atoms with Crippen molar-refractivity contribution in [2.45, 2.75) is 13.0 Å². The van der Waals surface area contributed by atoms with Gasteiger partial charge in [0.1, 0.15) is 11.7 Å². The van der Waals surface area contributed by atoms with Gasteiger partial charge in [-0.05, 0) is 25.1 Å². The highest BCUT2D eigenvalue weighted by Gasteiger charge is 2.18. The first-order chi connectivity index (χ1) is 10.0. The van der Waals surface area contributed by atoms with Gasteiger partial charge >= 0.3 is 5.97 Å². The van der Waals surface area contributed by atoms with Crippen LogP contribution >= 0.6 is 11.6 Å². The fourth-order valence-corrected chi connectivity index (χ4v) is 1.84. The van der Waals surface area contributed by atoms with Crippen LogP contribution in [-0.4, -0.2) is 35.2 Å². The standard InChI is InChI=1S/C14H14ClN3O3/c1-8(14(20)21-2)16-13(19)12-7-11(17-18-12)9-3-5-10(15)6-4-9/h3-8H,1-2H3,(H,16,19)(H,17,18)/t8-/m0/s1. The molecule has 2 aromatic rings. The van der Waals surface area contributed by atoms with Crippen molar-refractivity contribution in [2.24, 2.45) is 0 Å². The summed E-state index contributed by atoms with van der Waals surface area (Å²) >= 11 is 5.82. The number of hydrogen-bond donors (Lipinski definition) is 2. The lowest BCUT2D eigenvalue weighted by Gasteiger charge is -2.09. The molecule has 7 heteroatoms. The SMILES string of the molecule is COC(=O)[C@H](C)NC(=O)c1cc(-c2ccc(Cl)cc2)n[nH]1. The van der Waals surface area contributed by atoms with Gasteiger partial charge < -0.3 is 10.1 Å². The normalized spacial score (nSPS) is 11.8. The molecule has 2 rings (SSSR count). The summed E-state index contributed by atoms with van der Waals surface area (Å²) in [6, 6.07) is 7.96. The summed E-state index contributed by atoms with van der Waals surface area (Å²) in [5, 5.41) is 9.84. The van der Waals surface area contributed by atoms with Crippen LogP contribution in [0.1, 0.15) is 17.4 Å². The number of amides is 1. The van der Waals surface area contributed by atoms with Gasteiger partial charge in [-0.2, -0.15) is 5.10 Å². The Morgan fingerprint density at radius 1 is 1.33 bits per heavy atom. The number of benzene rings is 1. The number of aromatic amines is 1. The lowest BCUT2D eigenvalue weighted by Crippen LogP contribution is -2.39. The van der Waals surface area contributed by atoms with E-state index < -0.39 is 17.9 Å². The van der Waals surface area contributed by atoms with Gasteiger partial charge in [-0.25, -0.2) is 4.79 Å². The fourth-order valence-electron chi connectivity index (χ4n) is 1.72. The first-order valence-corrected chi connectivity index (χ1v) is 6.59. The molecule has 1 amide bonds. The second-order valence-corrected chi connectivity index (χ2v) is 4.83. The topological polar surface area (TPSA) is 84.1 Å². The number of ether oxygens (including phenoxy) is 1. The first-order valence-electron chi connectivity index (χ1n) is 6.21. The monoisotopic (exact) mass is 307 g/mol. The summed E-state index contributed by atoms with van der Waals surface area (Å²) in [5.41, 5.74) is 1.70. The van der Waals surface area contributed by atoms with Crippen LogP contribution in [0.15, 0.2) is 30.3 Å². The minimum absolute atomic E-state index is 0.260. The zero-order valence-corrected chi connectivity index (χ0v) is 12.3. The molecule has 1 aromatic carbocycles. The highest BCUT2D eigenvalue weighted by Crippen LogP contribution is 2.20. The largest absolute Gasteiger partial charge is 0.467 e. The van der Waals surface area contributed by atoms with E-state index in [4.69, 9.17) is 11.6 Å². The maximum atomic E-state index is 12.0. The molecule has 0 saturated heterocycles. The van der Waals surface area contributed by atoms with Crippen LogP contribution in [0, 0.1) is 0 Å². The number of methoxy groups -OCH3 is 1. The minimum Gasteiger partial charge on any atom is -0.467 e. The lowest BCUT2D eigenvalue weighted by molar-refractivity contribution is -0.142. The quantitative estimate of drug-likeness (QED) is 0.846. The summed E-state index contributed by atoms with van der Waals surface area (Å²) in [6.45, 7) is 1.54. The van der Waals surface area contributed by atoms with E-state index in [9.17, 15) is 9.59 Å². The van der Waals surface area contributed by atoms with E-state index >= 15 is 0 Å². The molecule has 1 heterocycles. The second kappa shape index (κ2) is 6.41. The maximum absolute atomic E-state index is 12.0. The molecule has 0 radical (unpaired) electrons. The zero-order valence-electron chi connectivity index (χ0n) is 11.5. The van der Waals surface area contributed by atoms with Crippen molar-refractivity contribution in [3.8, 4) is 11.3 Å². The van der Waals surface area contributed by atoms with E-state index in [1.54, 1.807) is 37.3 Å². The van der Waals surface area contributed by atoms with Crippen LogP contribution in [0.2, 0.25) is 5.02 Å². The van der Waals surface area contributed by atoms with Crippen LogP contribution < -0.4 is 5.32 Å². The van der Waals surface area contributed by atoms with E-state index in [0.29, 0.717) is 10.7 Å². The van der Waals surface area contributed by atoms with E-state index in [1.165, 1.54) is 7.11 Å². The Kier molecular flexibility index (Phi) is 4.59. The van der Waals surface area contributed by atoms with Gasteiger partial charge in [0, 0.05) is 10.6 Å². The molecule has 0 aliphatic rings. The molecule has 110 valence electrons. The van der Waals surface area contributed by atoms with E-state index in [-0.39, 0.29) is 5.69 Å². The smallest absolute Gasteiger partial charge is 0.328 e. The van der Waals surface area contributed by atoms with Crippen molar-refractivity contribution in [2.75, 3.05) is 7.11 Å². The van der Waals surface area contributed by atoms with E-state index in [0.717, 1.165) is 5.56 Å². The van der Waals surface area contributed by atoms with Crippen molar-refractivity contribution < 1.29 is 14.3 Å². The number of carbonyl (C=O) groups is 2. The molecule has 21 heavy (non-hydrogen) atoms. The number of hydrogen-bond acceptors (Lipinski definition) is 4. The summed E-state index contributed by atoms with van der Waals surface area (Å²) in [4.78, 5) is 23.2. The third-order valence-corrected chi connectivity index (χ3v) is 3.12. The zero-order chi connectivity index (χ0) is 15.4. The Morgan fingerprint density at radius 3 is 2.62 bits per heavy atom. The highest BCUT2D eigenvalue weighted by atomic mass is 35.5. The van der Waals surface area contributed by atoms with Gasteiger partial charge in [-0.3, -0.25) is 9.89 Å². The molecular formula is C14H14ClN3O3. The van der Waals surface area contributed by atoms with Crippen LogP contribution in [0.4, 0.5) is 0 Å². The molecule has 0 aliphatic carbocycles. The summed E-state index contributed by atoms with van der Waals surface area (Å²) in [5.74, 6) is -0.943. The number of aromatic nitrogens is 2. The Hall–Kier alpha value is -2.34. The first kappa shape index (κ1) is 15.1. The fraction of sp³-hybridized carbons (Fsp3) is 0.214. The third-order valence-electron chi connectivity index (χ3n) is 2.86. The van der Waals surface area contributed by atoms with Crippen molar-refractivity contribution >= 4 is 23.5 Å². The van der Waals surface area contributed by atoms with Gasteiger partial charge in [0.2, 0.25) is 0 Å². The Labute approximate surface area is 126 Å². The lowest BCUT2D eigenvalue weighted by atomic mass is 10.1. The average Bonchev–Trinajstić information content (AvgIpc) is 2.97. The van der Waals surface area contributed by atoms with Crippen LogP contribution in [0.5, 0.6) is 0 Å². The molecule has 0 spiro atoms. The molecule has 0 aliphatic heterocycles. The predicted molar refractivity (Wildman–Crippen MR) is 78.0 cm³/mol. The Morgan fingerprint density at radius 2 is 2.00 bits per heavy atom. The van der Waals surface area contributed by atoms with Crippen molar-refractivity contribution in [3.63, 3.8) is 0 Å². The number of nitrogens with one attached hydrogen (secondary N) is 2. The molecule has 0 bridgehead atoms. The minimum atomic E-state index is -0.732. The molecule has 0 unspecified atom stereocenters. The highest BCUT2D eigenvalue weighted by molar-refractivity contribution is 6.30. The number of rotatable bonds is 4. The molecule has 0 saturated carbocycles. The molecule has 6 nitrogen and oxygen atoms in total. The number of esters is 1. The second-order valence-electron chi connectivity index (χ2n) is 4.39. The molecular weight excluding hydrogens is 294 g/mol. The predicted octanol–water partition coefficient (Wildman–Crippen LogP) is 2.02. The number of carbonyl (C=O) groups excluding carboxylic acids is 2. The van der Waals surface area contributed by atoms with Crippen molar-refractivity contribution in [3.05, 3.63) is 41.0 Å².